The number of carbonyl (C=O) groups is 1. The molecule has 2 aromatic rings. The zero-order valence-corrected chi connectivity index (χ0v) is 9.86. The third-order valence-electron chi connectivity index (χ3n) is 2.48. The monoisotopic (exact) mass is 247 g/mol. The SMILES string of the molecule is CSc1nccc(-c2cnn3c2NC(=O)C3)n1. The molecule has 0 aliphatic carbocycles. The average molecular weight is 247 g/mol. The largest absolute Gasteiger partial charge is 0.309 e. The number of hydrogen-bond donors (Lipinski definition) is 1. The summed E-state index contributed by atoms with van der Waals surface area (Å²) in [4.78, 5) is 19.8. The summed E-state index contributed by atoms with van der Waals surface area (Å²) in [5.41, 5.74) is 1.60. The maximum absolute atomic E-state index is 11.3. The van der Waals surface area contributed by atoms with Crippen molar-refractivity contribution in [3.63, 3.8) is 0 Å². The molecule has 0 aromatic carbocycles. The quantitative estimate of drug-likeness (QED) is 0.633. The molecular formula is C10H9N5OS. The van der Waals surface area contributed by atoms with E-state index >= 15 is 0 Å². The average Bonchev–Trinajstić information content (AvgIpc) is 2.87. The van der Waals surface area contributed by atoms with Crippen LogP contribution in [0.5, 0.6) is 0 Å². The molecule has 0 radical (unpaired) electrons. The predicted octanol–water partition coefficient (Wildman–Crippen LogP) is 1.01. The molecular weight excluding hydrogens is 238 g/mol. The van der Waals surface area contributed by atoms with Crippen molar-refractivity contribution < 1.29 is 4.79 Å². The van der Waals surface area contributed by atoms with E-state index in [0.29, 0.717) is 11.0 Å². The van der Waals surface area contributed by atoms with Gasteiger partial charge in [0.15, 0.2) is 5.16 Å². The number of amides is 1. The Morgan fingerprint density at radius 1 is 1.53 bits per heavy atom. The van der Waals surface area contributed by atoms with Gasteiger partial charge in [-0.2, -0.15) is 5.10 Å². The van der Waals surface area contributed by atoms with Gasteiger partial charge in [-0.3, -0.25) is 4.79 Å². The second-order valence-electron chi connectivity index (χ2n) is 3.54. The Labute approximate surface area is 101 Å². The number of aromatic nitrogens is 4. The Bertz CT molecular complexity index is 594. The van der Waals surface area contributed by atoms with Gasteiger partial charge in [0.2, 0.25) is 5.91 Å². The standard InChI is InChI=1S/C10H9N5OS/c1-17-10-11-3-2-7(13-10)6-4-12-15-5-8(16)14-9(6)15/h2-4H,5H2,1H3,(H,14,16). The molecule has 3 heterocycles. The molecule has 3 rings (SSSR count). The molecule has 1 aliphatic heterocycles. The summed E-state index contributed by atoms with van der Waals surface area (Å²) >= 11 is 1.48. The smallest absolute Gasteiger partial charge is 0.247 e. The van der Waals surface area contributed by atoms with Crippen molar-refractivity contribution in [1.29, 1.82) is 0 Å². The molecule has 1 amide bonds. The van der Waals surface area contributed by atoms with E-state index < -0.39 is 0 Å². The maximum atomic E-state index is 11.3. The highest BCUT2D eigenvalue weighted by atomic mass is 32.2. The highest BCUT2D eigenvalue weighted by molar-refractivity contribution is 7.98. The van der Waals surface area contributed by atoms with Crippen LogP contribution in [-0.2, 0) is 11.3 Å². The van der Waals surface area contributed by atoms with Crippen LogP contribution in [0.25, 0.3) is 11.3 Å². The number of hydrogen-bond acceptors (Lipinski definition) is 5. The van der Waals surface area contributed by atoms with Gasteiger partial charge >= 0.3 is 0 Å². The fourth-order valence-electron chi connectivity index (χ4n) is 1.72. The first-order chi connectivity index (χ1) is 8.28. The summed E-state index contributed by atoms with van der Waals surface area (Å²) in [5.74, 6) is 0.661. The van der Waals surface area contributed by atoms with Crippen molar-refractivity contribution in [3.05, 3.63) is 18.5 Å². The lowest BCUT2D eigenvalue weighted by atomic mass is 10.2. The van der Waals surface area contributed by atoms with Gasteiger partial charge in [0, 0.05) is 6.20 Å². The van der Waals surface area contributed by atoms with E-state index in [9.17, 15) is 4.79 Å². The minimum atomic E-state index is -0.0477. The van der Waals surface area contributed by atoms with Gasteiger partial charge < -0.3 is 5.32 Å². The number of fused-ring (bicyclic) bond motifs is 1. The number of anilines is 1. The van der Waals surface area contributed by atoms with Gasteiger partial charge in [0.25, 0.3) is 0 Å². The zero-order chi connectivity index (χ0) is 11.8. The number of rotatable bonds is 2. The molecule has 7 heteroatoms. The topological polar surface area (TPSA) is 72.7 Å². The van der Waals surface area contributed by atoms with Crippen LogP contribution in [0, 0.1) is 0 Å². The molecule has 0 saturated carbocycles. The Morgan fingerprint density at radius 2 is 2.41 bits per heavy atom. The van der Waals surface area contributed by atoms with E-state index in [1.165, 1.54) is 11.8 Å². The minimum absolute atomic E-state index is 0.0477. The van der Waals surface area contributed by atoms with E-state index in [1.807, 2.05) is 12.3 Å². The van der Waals surface area contributed by atoms with Gasteiger partial charge in [-0.15, -0.1) is 0 Å². The van der Waals surface area contributed by atoms with Gasteiger partial charge in [-0.1, -0.05) is 11.8 Å². The van der Waals surface area contributed by atoms with Crippen LogP contribution in [-0.4, -0.2) is 31.9 Å². The molecule has 86 valence electrons. The van der Waals surface area contributed by atoms with Crippen molar-refractivity contribution in [2.24, 2.45) is 0 Å². The molecule has 1 N–H and O–H groups in total. The molecule has 17 heavy (non-hydrogen) atoms. The summed E-state index contributed by atoms with van der Waals surface area (Å²) in [6.07, 6.45) is 5.33. The Kier molecular flexibility index (Phi) is 2.32. The lowest BCUT2D eigenvalue weighted by Gasteiger charge is -2.01. The fraction of sp³-hybridized carbons (Fsp3) is 0.200. The van der Waals surface area contributed by atoms with Crippen LogP contribution in [0.3, 0.4) is 0 Å². The summed E-state index contributed by atoms with van der Waals surface area (Å²) < 4.78 is 1.64. The summed E-state index contributed by atoms with van der Waals surface area (Å²) in [7, 11) is 0. The lowest BCUT2D eigenvalue weighted by molar-refractivity contribution is -0.115. The van der Waals surface area contributed by atoms with Gasteiger partial charge in [-0.25, -0.2) is 14.6 Å². The van der Waals surface area contributed by atoms with E-state index in [4.69, 9.17) is 0 Å². The molecule has 0 saturated heterocycles. The van der Waals surface area contributed by atoms with Crippen molar-refractivity contribution in [3.8, 4) is 11.3 Å². The molecule has 0 spiro atoms. The van der Waals surface area contributed by atoms with Gasteiger partial charge in [-0.05, 0) is 12.3 Å². The van der Waals surface area contributed by atoms with E-state index in [2.05, 4.69) is 20.4 Å². The van der Waals surface area contributed by atoms with Crippen molar-refractivity contribution >= 4 is 23.5 Å². The van der Waals surface area contributed by atoms with Gasteiger partial charge in [0.05, 0.1) is 17.5 Å². The number of thioether (sulfide) groups is 1. The van der Waals surface area contributed by atoms with Crippen molar-refractivity contribution in [2.45, 2.75) is 11.7 Å². The lowest BCUT2D eigenvalue weighted by Crippen LogP contribution is -2.06. The predicted molar refractivity (Wildman–Crippen MR) is 63.7 cm³/mol. The first kappa shape index (κ1) is 10.3. The van der Waals surface area contributed by atoms with Crippen LogP contribution in [0.4, 0.5) is 5.82 Å². The third-order valence-corrected chi connectivity index (χ3v) is 3.04. The maximum Gasteiger partial charge on any atom is 0.247 e. The van der Waals surface area contributed by atoms with E-state index in [1.54, 1.807) is 17.1 Å². The van der Waals surface area contributed by atoms with Crippen molar-refractivity contribution in [2.75, 3.05) is 11.6 Å². The number of nitrogens with one attached hydrogen (secondary N) is 1. The number of carbonyl (C=O) groups excluding carboxylic acids is 1. The number of nitrogens with zero attached hydrogens (tertiary/aromatic N) is 4. The third kappa shape index (κ3) is 1.68. The molecule has 0 bridgehead atoms. The first-order valence-corrected chi connectivity index (χ1v) is 6.23. The van der Waals surface area contributed by atoms with Crippen LogP contribution >= 0.6 is 11.8 Å². The summed E-state index contributed by atoms with van der Waals surface area (Å²) in [5, 5.41) is 7.62. The Balaban J connectivity index is 2.07. The second kappa shape index (κ2) is 3.85. The van der Waals surface area contributed by atoms with Crippen LogP contribution < -0.4 is 5.32 Å². The van der Waals surface area contributed by atoms with Crippen molar-refractivity contribution in [1.82, 2.24) is 19.7 Å². The Hall–Kier alpha value is -1.89. The first-order valence-electron chi connectivity index (χ1n) is 5.01. The Morgan fingerprint density at radius 3 is 3.24 bits per heavy atom. The molecule has 0 fully saturated rings. The highest BCUT2D eigenvalue weighted by Crippen LogP contribution is 2.29. The van der Waals surface area contributed by atoms with Crippen LogP contribution in [0.15, 0.2) is 23.6 Å². The normalized spacial score (nSPS) is 13.6. The summed E-state index contributed by atoms with van der Waals surface area (Å²) in [6.45, 7) is 0.274. The fourth-order valence-corrected chi connectivity index (χ4v) is 2.08. The highest BCUT2D eigenvalue weighted by Gasteiger charge is 2.23. The molecule has 6 nitrogen and oxygen atoms in total. The second-order valence-corrected chi connectivity index (χ2v) is 4.31. The van der Waals surface area contributed by atoms with E-state index in [-0.39, 0.29) is 12.5 Å². The molecule has 0 unspecified atom stereocenters. The zero-order valence-electron chi connectivity index (χ0n) is 9.04. The molecule has 1 aliphatic rings. The summed E-state index contributed by atoms with van der Waals surface area (Å²) in [6, 6.07) is 1.81. The van der Waals surface area contributed by atoms with E-state index in [0.717, 1.165) is 11.3 Å². The molecule has 0 atom stereocenters. The van der Waals surface area contributed by atoms with Crippen LogP contribution in [0.1, 0.15) is 0 Å². The molecule has 2 aromatic heterocycles. The van der Waals surface area contributed by atoms with Gasteiger partial charge in [0.1, 0.15) is 12.4 Å². The minimum Gasteiger partial charge on any atom is -0.309 e. The van der Waals surface area contributed by atoms with Crippen LogP contribution in [0.2, 0.25) is 0 Å².